The van der Waals surface area contributed by atoms with E-state index in [2.05, 4.69) is 10.6 Å². The van der Waals surface area contributed by atoms with Crippen LogP contribution < -0.4 is 15.5 Å². The molecule has 0 radical (unpaired) electrons. The maximum absolute atomic E-state index is 12.7. The van der Waals surface area contributed by atoms with Crippen LogP contribution in [0.25, 0.3) is 0 Å². The normalized spacial score (nSPS) is 16.2. The highest BCUT2D eigenvalue weighted by Crippen LogP contribution is 2.25. The highest BCUT2D eigenvalue weighted by Gasteiger charge is 2.25. The van der Waals surface area contributed by atoms with Gasteiger partial charge >= 0.3 is 0 Å². The summed E-state index contributed by atoms with van der Waals surface area (Å²) in [6.07, 6.45) is 3.32. The fourth-order valence-electron chi connectivity index (χ4n) is 3.21. The Bertz CT molecular complexity index is 956. The molecule has 2 aromatic carbocycles. The Morgan fingerprint density at radius 1 is 1.07 bits per heavy atom. The van der Waals surface area contributed by atoms with Crippen molar-refractivity contribution in [1.29, 1.82) is 0 Å². The molecule has 2 fully saturated rings. The Hall–Kier alpha value is -2.86. The van der Waals surface area contributed by atoms with Gasteiger partial charge in [-0.25, -0.2) is 0 Å². The van der Waals surface area contributed by atoms with Crippen LogP contribution in [0.15, 0.2) is 42.5 Å². The van der Waals surface area contributed by atoms with E-state index in [4.69, 9.17) is 11.6 Å². The molecule has 0 unspecified atom stereocenters. The fraction of sp³-hybridized carbons (Fsp3) is 0.286. The Morgan fingerprint density at radius 2 is 1.89 bits per heavy atom. The van der Waals surface area contributed by atoms with Crippen molar-refractivity contribution in [3.8, 4) is 0 Å². The standard InChI is InChI=1S/C21H20ClN3O3/c22-18-9-8-15(12-17(18)21(28)23-14-6-7-14)24-20(27)13-3-1-4-16(11-13)25-10-2-5-19(25)26/h1,3-4,8-9,11-12,14H,2,5-7,10H2,(H,23,28)(H,24,27). The summed E-state index contributed by atoms with van der Waals surface area (Å²) in [5.74, 6) is -0.482. The van der Waals surface area contributed by atoms with Crippen molar-refractivity contribution in [2.75, 3.05) is 16.8 Å². The van der Waals surface area contributed by atoms with Gasteiger partial charge in [0, 0.05) is 35.9 Å². The number of anilines is 2. The van der Waals surface area contributed by atoms with Gasteiger partial charge in [0.25, 0.3) is 11.8 Å². The number of carbonyl (C=O) groups is 3. The molecule has 1 aliphatic carbocycles. The van der Waals surface area contributed by atoms with Crippen molar-refractivity contribution in [2.24, 2.45) is 0 Å². The third kappa shape index (κ3) is 4.02. The van der Waals surface area contributed by atoms with E-state index in [0.717, 1.165) is 24.9 Å². The predicted molar refractivity (Wildman–Crippen MR) is 108 cm³/mol. The number of amides is 3. The molecule has 1 saturated heterocycles. The Morgan fingerprint density at radius 3 is 2.61 bits per heavy atom. The lowest BCUT2D eigenvalue weighted by Gasteiger charge is -2.16. The number of hydrogen-bond donors (Lipinski definition) is 2. The van der Waals surface area contributed by atoms with Crippen molar-refractivity contribution >= 4 is 40.7 Å². The zero-order chi connectivity index (χ0) is 19.7. The first-order chi connectivity index (χ1) is 13.5. The maximum Gasteiger partial charge on any atom is 0.255 e. The SMILES string of the molecule is O=C(Nc1ccc(Cl)c(C(=O)NC2CC2)c1)c1cccc(N2CCCC2=O)c1. The van der Waals surface area contributed by atoms with Gasteiger partial charge in [0.15, 0.2) is 0 Å². The molecule has 0 bridgehead atoms. The van der Waals surface area contributed by atoms with Gasteiger partial charge in [-0.2, -0.15) is 0 Å². The minimum atomic E-state index is -0.315. The van der Waals surface area contributed by atoms with Crippen molar-refractivity contribution < 1.29 is 14.4 Å². The Kier molecular flexibility index (Phi) is 5.05. The molecule has 144 valence electrons. The summed E-state index contributed by atoms with van der Waals surface area (Å²) in [5, 5.41) is 6.03. The number of carbonyl (C=O) groups excluding carboxylic acids is 3. The monoisotopic (exact) mass is 397 g/mol. The number of benzene rings is 2. The van der Waals surface area contributed by atoms with Gasteiger partial charge in [0.05, 0.1) is 10.6 Å². The van der Waals surface area contributed by atoms with Crippen LogP contribution in [0, 0.1) is 0 Å². The molecule has 4 rings (SSSR count). The molecule has 2 aliphatic rings. The van der Waals surface area contributed by atoms with Gasteiger partial charge in [0.2, 0.25) is 5.91 Å². The summed E-state index contributed by atoms with van der Waals surface area (Å²) in [7, 11) is 0. The molecule has 6 nitrogen and oxygen atoms in total. The number of hydrogen-bond acceptors (Lipinski definition) is 3. The lowest BCUT2D eigenvalue weighted by Crippen LogP contribution is -2.26. The van der Waals surface area contributed by atoms with E-state index in [1.807, 2.05) is 6.07 Å². The van der Waals surface area contributed by atoms with E-state index < -0.39 is 0 Å². The Balaban J connectivity index is 1.50. The van der Waals surface area contributed by atoms with Gasteiger partial charge in [-0.1, -0.05) is 17.7 Å². The first-order valence-electron chi connectivity index (χ1n) is 9.33. The molecule has 0 atom stereocenters. The fourth-order valence-corrected chi connectivity index (χ4v) is 3.41. The highest BCUT2D eigenvalue weighted by atomic mass is 35.5. The van der Waals surface area contributed by atoms with Crippen molar-refractivity contribution in [3.05, 3.63) is 58.6 Å². The maximum atomic E-state index is 12.7. The summed E-state index contributed by atoms with van der Waals surface area (Å²) in [6.45, 7) is 0.667. The van der Waals surface area contributed by atoms with Crippen LogP contribution in [0.5, 0.6) is 0 Å². The molecule has 1 heterocycles. The second kappa shape index (κ2) is 7.64. The lowest BCUT2D eigenvalue weighted by atomic mass is 10.1. The molecule has 28 heavy (non-hydrogen) atoms. The third-order valence-corrected chi connectivity index (χ3v) is 5.20. The minimum absolute atomic E-state index is 0.0709. The highest BCUT2D eigenvalue weighted by molar-refractivity contribution is 6.34. The summed E-state index contributed by atoms with van der Waals surface area (Å²) in [5.41, 5.74) is 1.98. The summed E-state index contributed by atoms with van der Waals surface area (Å²) >= 11 is 6.14. The topological polar surface area (TPSA) is 78.5 Å². The van der Waals surface area contributed by atoms with Crippen LogP contribution in [0.3, 0.4) is 0 Å². The molecule has 3 amide bonds. The zero-order valence-corrected chi connectivity index (χ0v) is 16.0. The molecule has 7 heteroatoms. The Labute approximate surface area is 167 Å². The van der Waals surface area contributed by atoms with Crippen molar-refractivity contribution in [1.82, 2.24) is 5.32 Å². The van der Waals surface area contributed by atoms with Crippen LogP contribution >= 0.6 is 11.6 Å². The molecule has 1 aliphatic heterocycles. The molecular formula is C21H20ClN3O3. The second-order valence-corrected chi connectivity index (χ2v) is 7.50. The number of halogens is 1. The van der Waals surface area contributed by atoms with Crippen LogP contribution in [-0.4, -0.2) is 30.3 Å². The van der Waals surface area contributed by atoms with E-state index in [0.29, 0.717) is 34.8 Å². The first kappa shape index (κ1) is 18.5. The largest absolute Gasteiger partial charge is 0.349 e. The van der Waals surface area contributed by atoms with Crippen LogP contribution in [0.4, 0.5) is 11.4 Å². The van der Waals surface area contributed by atoms with Crippen LogP contribution in [0.1, 0.15) is 46.4 Å². The smallest absolute Gasteiger partial charge is 0.255 e. The van der Waals surface area contributed by atoms with E-state index >= 15 is 0 Å². The van der Waals surface area contributed by atoms with Gasteiger partial charge in [-0.15, -0.1) is 0 Å². The number of nitrogens with one attached hydrogen (secondary N) is 2. The van der Waals surface area contributed by atoms with Crippen molar-refractivity contribution in [2.45, 2.75) is 31.7 Å². The summed E-state index contributed by atoms with van der Waals surface area (Å²) in [4.78, 5) is 38.6. The summed E-state index contributed by atoms with van der Waals surface area (Å²) in [6, 6.07) is 12.0. The average molecular weight is 398 g/mol. The summed E-state index contributed by atoms with van der Waals surface area (Å²) < 4.78 is 0. The van der Waals surface area contributed by atoms with E-state index in [9.17, 15) is 14.4 Å². The predicted octanol–water partition coefficient (Wildman–Crippen LogP) is 3.61. The number of rotatable bonds is 5. The van der Waals surface area contributed by atoms with E-state index in [-0.39, 0.29) is 23.8 Å². The first-order valence-corrected chi connectivity index (χ1v) is 9.71. The minimum Gasteiger partial charge on any atom is -0.349 e. The second-order valence-electron chi connectivity index (χ2n) is 7.10. The van der Waals surface area contributed by atoms with Crippen molar-refractivity contribution in [3.63, 3.8) is 0 Å². The van der Waals surface area contributed by atoms with E-state index in [1.165, 1.54) is 0 Å². The van der Waals surface area contributed by atoms with E-state index in [1.54, 1.807) is 41.3 Å². The third-order valence-electron chi connectivity index (χ3n) is 4.87. The van der Waals surface area contributed by atoms with Gasteiger partial charge in [0.1, 0.15) is 0 Å². The van der Waals surface area contributed by atoms with Crippen LogP contribution in [-0.2, 0) is 4.79 Å². The molecule has 1 saturated carbocycles. The lowest BCUT2D eigenvalue weighted by molar-refractivity contribution is -0.117. The van der Waals surface area contributed by atoms with Gasteiger partial charge in [-0.3, -0.25) is 14.4 Å². The van der Waals surface area contributed by atoms with Gasteiger partial charge < -0.3 is 15.5 Å². The molecular weight excluding hydrogens is 378 g/mol. The van der Waals surface area contributed by atoms with Gasteiger partial charge in [-0.05, 0) is 55.7 Å². The average Bonchev–Trinajstić information content (AvgIpc) is 3.40. The number of nitrogens with zero attached hydrogens (tertiary/aromatic N) is 1. The molecule has 2 N–H and O–H groups in total. The zero-order valence-electron chi connectivity index (χ0n) is 15.2. The quantitative estimate of drug-likeness (QED) is 0.808. The molecule has 0 aromatic heterocycles. The molecule has 0 spiro atoms. The molecule has 2 aromatic rings. The van der Waals surface area contributed by atoms with Crippen LogP contribution in [0.2, 0.25) is 5.02 Å².